The molecule has 0 aliphatic carbocycles. The number of aryl methyl sites for hydroxylation is 1. The van der Waals surface area contributed by atoms with E-state index >= 15 is 0 Å². The lowest BCUT2D eigenvalue weighted by atomic mass is 10.3. The average Bonchev–Trinajstić information content (AvgIpc) is 2.14. The van der Waals surface area contributed by atoms with Crippen molar-refractivity contribution in [1.82, 2.24) is 15.7 Å². The third-order valence-corrected chi connectivity index (χ3v) is 1.51. The molecule has 0 radical (unpaired) electrons. The van der Waals surface area contributed by atoms with E-state index in [2.05, 4.69) is 10.3 Å². The van der Waals surface area contributed by atoms with Crippen molar-refractivity contribution in [3.05, 3.63) is 29.6 Å². The topological polar surface area (TPSA) is 80.0 Å². The highest BCUT2D eigenvalue weighted by molar-refractivity contribution is 5.72. The summed E-state index contributed by atoms with van der Waals surface area (Å²) in [5.74, 6) is 4.88. The first kappa shape index (κ1) is 9.47. The number of nitrogens with zero attached hydrogens (tertiary/aromatic N) is 1. The minimum absolute atomic E-state index is 0.380. The second-order valence-electron chi connectivity index (χ2n) is 2.60. The van der Waals surface area contributed by atoms with Gasteiger partial charge < -0.3 is 5.32 Å². The molecule has 0 atom stereocenters. The lowest BCUT2D eigenvalue weighted by molar-refractivity contribution is 0.240. The van der Waals surface area contributed by atoms with Crippen LogP contribution in [0.25, 0.3) is 0 Å². The Kier molecular flexibility index (Phi) is 3.22. The summed E-state index contributed by atoms with van der Waals surface area (Å²) < 4.78 is 0. The zero-order valence-electron chi connectivity index (χ0n) is 7.37. The lowest BCUT2D eigenvalue weighted by Crippen LogP contribution is -2.39. The Morgan fingerprint density at radius 3 is 3.00 bits per heavy atom. The third kappa shape index (κ3) is 3.08. The van der Waals surface area contributed by atoms with Crippen LogP contribution < -0.4 is 16.6 Å². The molecule has 0 aliphatic heterocycles. The number of hydrazine groups is 1. The zero-order valence-corrected chi connectivity index (χ0v) is 7.37. The van der Waals surface area contributed by atoms with E-state index in [9.17, 15) is 4.79 Å². The maximum absolute atomic E-state index is 10.7. The predicted octanol–water partition coefficient (Wildman–Crippen LogP) is 0.0629. The molecule has 13 heavy (non-hydrogen) atoms. The van der Waals surface area contributed by atoms with Crippen LogP contribution in [0.15, 0.2) is 18.2 Å². The summed E-state index contributed by atoms with van der Waals surface area (Å²) in [5.41, 5.74) is 3.70. The van der Waals surface area contributed by atoms with Gasteiger partial charge in [-0.25, -0.2) is 10.6 Å². The Hall–Kier alpha value is -1.62. The van der Waals surface area contributed by atoms with Gasteiger partial charge in [-0.3, -0.25) is 10.4 Å². The van der Waals surface area contributed by atoms with E-state index in [0.717, 1.165) is 11.4 Å². The number of urea groups is 1. The molecular weight excluding hydrogens is 168 g/mol. The van der Waals surface area contributed by atoms with Gasteiger partial charge in [0.15, 0.2) is 0 Å². The molecule has 0 aliphatic rings. The first-order valence-electron chi connectivity index (χ1n) is 3.89. The lowest BCUT2D eigenvalue weighted by Gasteiger charge is -2.03. The fraction of sp³-hybridized carbons (Fsp3) is 0.250. The quantitative estimate of drug-likeness (QED) is 0.342. The smallest absolute Gasteiger partial charge is 0.329 e. The second-order valence-corrected chi connectivity index (χ2v) is 2.60. The number of rotatable bonds is 2. The number of pyridine rings is 1. The van der Waals surface area contributed by atoms with E-state index in [4.69, 9.17) is 5.84 Å². The highest BCUT2D eigenvalue weighted by Gasteiger charge is 1.97. The molecule has 4 N–H and O–H groups in total. The highest BCUT2D eigenvalue weighted by Crippen LogP contribution is 1.96. The average molecular weight is 180 g/mol. The van der Waals surface area contributed by atoms with Crippen LogP contribution >= 0.6 is 0 Å². The molecule has 2 amide bonds. The summed E-state index contributed by atoms with van der Waals surface area (Å²) in [7, 11) is 0. The van der Waals surface area contributed by atoms with E-state index in [1.54, 1.807) is 0 Å². The molecular formula is C8H12N4O. The molecule has 0 saturated heterocycles. The van der Waals surface area contributed by atoms with Crippen molar-refractivity contribution in [3.8, 4) is 0 Å². The van der Waals surface area contributed by atoms with Crippen molar-refractivity contribution < 1.29 is 4.79 Å². The predicted molar refractivity (Wildman–Crippen MR) is 48.5 cm³/mol. The molecule has 1 aromatic heterocycles. The van der Waals surface area contributed by atoms with Crippen molar-refractivity contribution in [2.24, 2.45) is 5.84 Å². The van der Waals surface area contributed by atoms with Crippen LogP contribution in [0.1, 0.15) is 11.4 Å². The highest BCUT2D eigenvalue weighted by atomic mass is 16.2. The van der Waals surface area contributed by atoms with Gasteiger partial charge in [0.25, 0.3) is 0 Å². The van der Waals surface area contributed by atoms with Crippen LogP contribution in [0.4, 0.5) is 4.79 Å². The van der Waals surface area contributed by atoms with Gasteiger partial charge in [0.05, 0.1) is 12.2 Å². The van der Waals surface area contributed by atoms with Crippen LogP contribution in [-0.2, 0) is 6.54 Å². The number of hydrogen-bond acceptors (Lipinski definition) is 3. The van der Waals surface area contributed by atoms with Gasteiger partial charge in [-0.1, -0.05) is 6.07 Å². The number of nitrogens with one attached hydrogen (secondary N) is 2. The Morgan fingerprint density at radius 1 is 1.62 bits per heavy atom. The number of carbonyl (C=O) groups excluding carboxylic acids is 1. The van der Waals surface area contributed by atoms with E-state index in [-0.39, 0.29) is 0 Å². The van der Waals surface area contributed by atoms with Crippen molar-refractivity contribution in [1.29, 1.82) is 0 Å². The monoisotopic (exact) mass is 180 g/mol. The van der Waals surface area contributed by atoms with E-state index < -0.39 is 6.03 Å². The number of hydrogen-bond donors (Lipinski definition) is 3. The van der Waals surface area contributed by atoms with E-state index in [1.165, 1.54) is 0 Å². The minimum Gasteiger partial charge on any atom is -0.331 e. The molecule has 1 heterocycles. The van der Waals surface area contributed by atoms with Gasteiger partial charge in [0, 0.05) is 5.69 Å². The summed E-state index contributed by atoms with van der Waals surface area (Å²) in [6.45, 7) is 2.28. The Balaban J connectivity index is 2.50. The Morgan fingerprint density at radius 2 is 2.38 bits per heavy atom. The standard InChI is InChI=1S/C8H12N4O/c1-6-3-2-4-7(11-6)5-10-8(13)12-9/h2-4H,5,9H2,1H3,(H2,10,12,13). The zero-order chi connectivity index (χ0) is 9.68. The van der Waals surface area contributed by atoms with Crippen molar-refractivity contribution in [2.45, 2.75) is 13.5 Å². The number of carbonyl (C=O) groups is 1. The summed E-state index contributed by atoms with van der Waals surface area (Å²) in [4.78, 5) is 14.9. The van der Waals surface area contributed by atoms with Crippen molar-refractivity contribution in [3.63, 3.8) is 0 Å². The molecule has 70 valence electrons. The van der Waals surface area contributed by atoms with E-state index in [1.807, 2.05) is 30.5 Å². The fourth-order valence-electron chi connectivity index (χ4n) is 0.920. The fourth-order valence-corrected chi connectivity index (χ4v) is 0.920. The van der Waals surface area contributed by atoms with Crippen molar-refractivity contribution >= 4 is 6.03 Å². The Labute approximate surface area is 76.3 Å². The van der Waals surface area contributed by atoms with Gasteiger partial charge >= 0.3 is 6.03 Å². The number of nitrogens with two attached hydrogens (primary N) is 1. The molecule has 1 rings (SSSR count). The van der Waals surface area contributed by atoms with Gasteiger partial charge in [0.2, 0.25) is 0 Å². The van der Waals surface area contributed by atoms with Gasteiger partial charge in [-0.2, -0.15) is 0 Å². The van der Waals surface area contributed by atoms with Crippen molar-refractivity contribution in [2.75, 3.05) is 0 Å². The van der Waals surface area contributed by atoms with Crippen LogP contribution in [0.3, 0.4) is 0 Å². The normalized spacial score (nSPS) is 9.38. The minimum atomic E-state index is -0.414. The first-order valence-corrected chi connectivity index (χ1v) is 3.89. The van der Waals surface area contributed by atoms with Crippen LogP contribution in [0.2, 0.25) is 0 Å². The van der Waals surface area contributed by atoms with Crippen LogP contribution in [-0.4, -0.2) is 11.0 Å². The molecule has 0 bridgehead atoms. The second kappa shape index (κ2) is 4.42. The maximum Gasteiger partial charge on any atom is 0.329 e. The summed E-state index contributed by atoms with van der Waals surface area (Å²) in [5, 5.41) is 2.54. The maximum atomic E-state index is 10.7. The largest absolute Gasteiger partial charge is 0.331 e. The summed E-state index contributed by atoms with van der Waals surface area (Å²) >= 11 is 0. The SMILES string of the molecule is Cc1cccc(CNC(=O)NN)n1. The Bertz CT molecular complexity index is 300. The molecule has 0 aromatic carbocycles. The van der Waals surface area contributed by atoms with Gasteiger partial charge in [0.1, 0.15) is 0 Å². The van der Waals surface area contributed by atoms with Crippen LogP contribution in [0.5, 0.6) is 0 Å². The number of amides is 2. The molecule has 0 spiro atoms. The van der Waals surface area contributed by atoms with Gasteiger partial charge in [-0.15, -0.1) is 0 Å². The molecule has 0 fully saturated rings. The summed E-state index contributed by atoms with van der Waals surface area (Å²) in [6, 6.07) is 5.21. The first-order chi connectivity index (χ1) is 6.22. The number of aromatic nitrogens is 1. The molecule has 0 saturated carbocycles. The van der Waals surface area contributed by atoms with Gasteiger partial charge in [-0.05, 0) is 19.1 Å². The summed E-state index contributed by atoms with van der Waals surface area (Å²) in [6.07, 6.45) is 0. The molecule has 5 nitrogen and oxygen atoms in total. The molecule has 5 heteroatoms. The third-order valence-electron chi connectivity index (χ3n) is 1.51. The molecule has 1 aromatic rings. The van der Waals surface area contributed by atoms with Crippen LogP contribution in [0, 0.1) is 6.92 Å². The molecule has 0 unspecified atom stereocenters. The van der Waals surface area contributed by atoms with E-state index in [0.29, 0.717) is 6.54 Å².